The minimum absolute atomic E-state index is 2.20. The molecule has 1 aliphatic carbocycles. The maximum atomic E-state index is 10.9. The Morgan fingerprint density at radius 3 is 1.15 bits per heavy atom. The molecule has 0 aromatic rings. The van der Waals surface area contributed by atoms with E-state index in [0.29, 0.717) is 0 Å². The molecule has 1 aliphatic rings. The molecule has 12 N–H and O–H groups in total. The van der Waals surface area contributed by atoms with Crippen molar-refractivity contribution in [1.29, 1.82) is 0 Å². The van der Waals surface area contributed by atoms with Crippen LogP contribution in [0.1, 0.15) is 0 Å². The molecule has 0 spiro atoms. The molecule has 0 heterocycles. The number of rotatable bonds is 8. The summed E-state index contributed by atoms with van der Waals surface area (Å²) in [6.45, 7) is 0. The number of aliphatic hydroxyl groups excluding tert-OH is 2. The fourth-order valence-electron chi connectivity index (χ4n) is 2.36. The first-order valence-corrected chi connectivity index (χ1v) is 13.2. The summed E-state index contributed by atoms with van der Waals surface area (Å²) in [6.07, 6.45) is -14.1. The predicted molar refractivity (Wildman–Crippen MR) is 87.6 cm³/mol. The quantitative estimate of drug-likeness (QED) is 0.142. The summed E-state index contributed by atoms with van der Waals surface area (Å²) >= 11 is 0. The van der Waals surface area contributed by atoms with Gasteiger partial charge in [-0.25, -0.2) is 0 Å². The van der Waals surface area contributed by atoms with Crippen molar-refractivity contribution in [3.63, 3.8) is 0 Å². The third-order valence-electron chi connectivity index (χ3n) is 3.11. The van der Waals surface area contributed by atoms with Crippen molar-refractivity contribution >= 4 is 32.8 Å². The molecule has 17 nitrogen and oxygen atoms in total. The first kappa shape index (κ1) is 25.9. The van der Waals surface area contributed by atoms with Crippen LogP contribution in [0, 0.1) is 0 Å². The van der Waals surface area contributed by atoms with Gasteiger partial charge in [-0.1, -0.05) is 0 Å². The first-order chi connectivity index (χ1) is 11.9. The second kappa shape index (κ2) is 9.35. The van der Waals surface area contributed by atoms with Gasteiger partial charge < -0.3 is 0 Å². The van der Waals surface area contributed by atoms with E-state index in [1.54, 1.807) is 0 Å². The van der Waals surface area contributed by atoms with Gasteiger partial charge in [0, 0.05) is 0 Å². The molecule has 0 saturated heterocycles. The Hall–Kier alpha value is 0.880. The monoisotopic (exact) mass is 490 g/mol. The number of aliphatic hydroxyl groups is 2. The molecule has 0 amide bonds. The fraction of sp³-hybridized carbons (Fsp3) is 1.00. The summed E-state index contributed by atoms with van der Waals surface area (Å²) < 4.78 is 28.1. The SMILES string of the molecule is O=[PH](O)OC1C(O)C(O[PH](O)(O)O)C(O[PH](O)(O)O)C(O[PH](O)(O)O)C1O. The Bertz CT molecular complexity index is 481. The van der Waals surface area contributed by atoms with Gasteiger partial charge in [0.25, 0.3) is 0 Å². The number of hydrogen-bond donors (Lipinski definition) is 12. The average Bonchev–Trinajstić information content (AvgIpc) is 2.40. The predicted octanol–water partition coefficient (Wildman–Crippen LogP) is -5.19. The summed E-state index contributed by atoms with van der Waals surface area (Å²) in [4.78, 5) is 90.4. The van der Waals surface area contributed by atoms with Crippen LogP contribution in [0.2, 0.25) is 0 Å². The molecule has 21 heteroatoms. The zero-order chi connectivity index (χ0) is 21.4. The van der Waals surface area contributed by atoms with Gasteiger partial charge in [-0.05, 0) is 0 Å². The van der Waals surface area contributed by atoms with E-state index in [2.05, 4.69) is 18.1 Å². The van der Waals surface area contributed by atoms with Crippen LogP contribution in [0.15, 0.2) is 0 Å². The maximum absolute atomic E-state index is 10.9. The Labute approximate surface area is 152 Å². The summed E-state index contributed by atoms with van der Waals surface area (Å²) in [5.74, 6) is 0. The Balaban J connectivity index is 3.39. The minimum atomic E-state index is -5.58. The van der Waals surface area contributed by atoms with Gasteiger partial charge in [-0.2, -0.15) is 0 Å². The summed E-state index contributed by atoms with van der Waals surface area (Å²) in [5, 5.41) is 20.2. The van der Waals surface area contributed by atoms with Gasteiger partial charge >= 0.3 is 151 Å². The standard InChI is InChI=1S/C6H22O17P4/c7-1-3(20-24(9)10)2(8)5(22-26(14,15)16)6(23-27(17,18)19)4(1)21-25(11,12)13/h1-8,11-19,24-27H,(H,9,10). The van der Waals surface area contributed by atoms with E-state index < -0.39 is 69.4 Å². The van der Waals surface area contributed by atoms with Crippen LogP contribution in [-0.2, 0) is 22.7 Å². The molecule has 0 bridgehead atoms. The Morgan fingerprint density at radius 2 is 0.889 bits per heavy atom. The molecule has 0 aromatic heterocycles. The molecule has 1 fully saturated rings. The molecule has 5 unspecified atom stereocenters. The van der Waals surface area contributed by atoms with Gasteiger partial charge in [0.2, 0.25) is 0 Å². The summed E-state index contributed by atoms with van der Waals surface area (Å²) in [5.41, 5.74) is 0. The number of hydrogen-bond acceptors (Lipinski definition) is 16. The van der Waals surface area contributed by atoms with E-state index in [1.807, 2.05) is 0 Å². The van der Waals surface area contributed by atoms with E-state index in [9.17, 15) is 14.8 Å². The van der Waals surface area contributed by atoms with Crippen molar-refractivity contribution in [2.75, 3.05) is 0 Å². The van der Waals surface area contributed by atoms with Crippen LogP contribution >= 0.6 is 32.8 Å². The second-order valence-corrected chi connectivity index (χ2v) is 10.2. The third-order valence-corrected chi connectivity index (χ3v) is 5.35. The zero-order valence-electron chi connectivity index (χ0n) is 12.9. The molecule has 168 valence electrons. The molecule has 0 aromatic carbocycles. The van der Waals surface area contributed by atoms with Crippen LogP contribution in [0.3, 0.4) is 0 Å². The molecule has 1 rings (SSSR count). The molecule has 1 saturated carbocycles. The van der Waals surface area contributed by atoms with E-state index >= 15 is 0 Å². The van der Waals surface area contributed by atoms with Crippen LogP contribution in [-0.4, -0.2) is 95.8 Å². The molecular weight excluding hydrogens is 468 g/mol. The van der Waals surface area contributed by atoms with Gasteiger partial charge in [-0.3, -0.25) is 0 Å². The van der Waals surface area contributed by atoms with Crippen molar-refractivity contribution in [2.24, 2.45) is 0 Å². The van der Waals surface area contributed by atoms with E-state index in [1.165, 1.54) is 0 Å². The average molecular weight is 490 g/mol. The van der Waals surface area contributed by atoms with Crippen molar-refractivity contribution in [3.8, 4) is 0 Å². The normalized spacial score (nSPS) is 36.3. The summed E-state index contributed by atoms with van der Waals surface area (Å²) in [6, 6.07) is 0. The van der Waals surface area contributed by atoms with Gasteiger partial charge in [0.1, 0.15) is 0 Å². The van der Waals surface area contributed by atoms with E-state index in [-0.39, 0.29) is 0 Å². The van der Waals surface area contributed by atoms with Crippen LogP contribution in [0.5, 0.6) is 0 Å². The second-order valence-electron chi connectivity index (χ2n) is 5.30. The Kier molecular flexibility index (Phi) is 8.97. The third kappa shape index (κ3) is 8.64. The van der Waals surface area contributed by atoms with Gasteiger partial charge in [-0.15, -0.1) is 0 Å². The topological polar surface area (TPSA) is 297 Å². The van der Waals surface area contributed by atoms with Gasteiger partial charge in [0.15, 0.2) is 0 Å². The molecule has 0 radical (unpaired) electrons. The molecule has 0 aliphatic heterocycles. The molecular formula is C6H22O17P4. The van der Waals surface area contributed by atoms with E-state index in [0.717, 1.165) is 0 Å². The van der Waals surface area contributed by atoms with Crippen molar-refractivity contribution in [2.45, 2.75) is 36.6 Å². The summed E-state index contributed by atoms with van der Waals surface area (Å²) in [7, 11) is -20.6. The van der Waals surface area contributed by atoms with Gasteiger partial charge in [0.05, 0.1) is 0 Å². The van der Waals surface area contributed by atoms with Crippen LogP contribution < -0.4 is 0 Å². The van der Waals surface area contributed by atoms with E-state index in [4.69, 9.17) is 48.9 Å². The molecule has 5 atom stereocenters. The molecule has 27 heavy (non-hydrogen) atoms. The van der Waals surface area contributed by atoms with Crippen LogP contribution in [0.25, 0.3) is 0 Å². The fourth-order valence-corrected chi connectivity index (χ4v) is 4.79. The first-order valence-electron chi connectivity index (χ1n) is 6.72. The zero-order valence-corrected chi connectivity index (χ0v) is 16.9. The van der Waals surface area contributed by atoms with Crippen molar-refractivity contribution < 1.29 is 81.8 Å². The van der Waals surface area contributed by atoms with Crippen molar-refractivity contribution in [3.05, 3.63) is 0 Å². The van der Waals surface area contributed by atoms with Crippen molar-refractivity contribution in [1.82, 2.24) is 0 Å². The Morgan fingerprint density at radius 1 is 0.593 bits per heavy atom. The van der Waals surface area contributed by atoms with Crippen LogP contribution in [0.4, 0.5) is 0 Å².